The van der Waals surface area contributed by atoms with E-state index in [-0.39, 0.29) is 10.1 Å². The third kappa shape index (κ3) is 5.74. The Kier molecular flexibility index (Phi) is 6.09. The van der Waals surface area contributed by atoms with Crippen molar-refractivity contribution < 1.29 is 23.1 Å². The highest BCUT2D eigenvalue weighted by atomic mass is 32.2. The number of sulfonamides is 1. The molecule has 0 aliphatic carbocycles. The summed E-state index contributed by atoms with van der Waals surface area (Å²) in [6, 6.07) is 3.08. The van der Waals surface area contributed by atoms with Gasteiger partial charge in [0.2, 0.25) is 5.91 Å². The lowest BCUT2D eigenvalue weighted by molar-refractivity contribution is -0.135. The molecule has 7 nitrogen and oxygen atoms in total. The predicted molar refractivity (Wildman–Crippen MR) is 83.3 cm³/mol. The highest BCUT2D eigenvalue weighted by Crippen LogP contribution is 2.21. The summed E-state index contributed by atoms with van der Waals surface area (Å²) >= 11 is 1.06. The van der Waals surface area contributed by atoms with Gasteiger partial charge in [0.15, 0.2) is 0 Å². The third-order valence-electron chi connectivity index (χ3n) is 2.65. The van der Waals surface area contributed by atoms with Gasteiger partial charge in [-0.05, 0) is 18.6 Å². The summed E-state index contributed by atoms with van der Waals surface area (Å²) < 4.78 is 25.7. The molecule has 0 atom stereocenters. The molecule has 0 bridgehead atoms. The smallest absolute Gasteiger partial charge is 0.318 e. The van der Waals surface area contributed by atoms with Crippen LogP contribution in [0.4, 0.5) is 0 Å². The van der Waals surface area contributed by atoms with Crippen molar-refractivity contribution in [2.75, 3.05) is 13.1 Å². The van der Waals surface area contributed by atoms with Crippen LogP contribution in [0.5, 0.6) is 0 Å². The number of carboxylic acids is 1. The maximum absolute atomic E-state index is 11.8. The van der Waals surface area contributed by atoms with Crippen LogP contribution in [0.3, 0.4) is 0 Å². The minimum absolute atomic E-state index is 0.0610. The Hall–Kier alpha value is -1.45. The van der Waals surface area contributed by atoms with Gasteiger partial charge in [0.25, 0.3) is 10.0 Å². The Bertz CT molecular complexity index is 644. The highest BCUT2D eigenvalue weighted by Gasteiger charge is 2.21. The summed E-state index contributed by atoms with van der Waals surface area (Å²) in [4.78, 5) is 22.9. The number of nitrogens with one attached hydrogen (secondary N) is 2. The molecule has 1 heterocycles. The molecule has 1 aromatic rings. The first-order chi connectivity index (χ1) is 10.0. The Morgan fingerprint density at radius 1 is 1.27 bits per heavy atom. The van der Waals surface area contributed by atoms with Crippen LogP contribution in [0, 0.1) is 5.41 Å². The molecule has 1 aromatic heterocycles. The lowest BCUT2D eigenvalue weighted by Crippen LogP contribution is -2.35. The summed E-state index contributed by atoms with van der Waals surface area (Å²) in [6.45, 7) is 5.20. The van der Waals surface area contributed by atoms with Crippen molar-refractivity contribution in [2.24, 2.45) is 5.41 Å². The first-order valence-corrected chi connectivity index (χ1v) is 8.91. The van der Waals surface area contributed by atoms with E-state index in [1.807, 2.05) is 25.5 Å². The van der Waals surface area contributed by atoms with Crippen molar-refractivity contribution in [3.8, 4) is 0 Å². The third-order valence-corrected chi connectivity index (χ3v) is 5.69. The van der Waals surface area contributed by atoms with Gasteiger partial charge in [0.05, 0.1) is 0 Å². The molecule has 0 saturated heterocycles. The van der Waals surface area contributed by atoms with Crippen LogP contribution in [-0.4, -0.2) is 38.5 Å². The van der Waals surface area contributed by atoms with E-state index in [9.17, 15) is 18.0 Å². The number of amides is 1. The van der Waals surface area contributed by atoms with Crippen LogP contribution >= 0.6 is 11.3 Å². The maximum Gasteiger partial charge on any atom is 0.318 e. The number of carbonyl (C=O) groups excluding carboxylic acids is 1. The molecular formula is C13H20N2O5S2. The van der Waals surface area contributed by atoms with Gasteiger partial charge in [-0.1, -0.05) is 20.8 Å². The molecule has 1 rings (SSSR count). The molecule has 0 radical (unpaired) electrons. The minimum Gasteiger partial charge on any atom is -0.480 e. The van der Waals surface area contributed by atoms with E-state index in [0.29, 0.717) is 13.0 Å². The van der Waals surface area contributed by atoms with E-state index in [4.69, 9.17) is 5.11 Å². The fraction of sp³-hybridized carbons (Fsp3) is 0.538. The van der Waals surface area contributed by atoms with Crippen molar-refractivity contribution in [1.29, 1.82) is 0 Å². The summed E-state index contributed by atoms with van der Waals surface area (Å²) in [5.41, 5.74) is -0.468. The molecule has 0 aliphatic rings. The largest absolute Gasteiger partial charge is 0.480 e. The van der Waals surface area contributed by atoms with Crippen molar-refractivity contribution in [1.82, 2.24) is 10.0 Å². The predicted octanol–water partition coefficient (Wildman–Crippen LogP) is 0.816. The van der Waals surface area contributed by atoms with Crippen LogP contribution < -0.4 is 10.0 Å². The molecule has 0 spiro atoms. The average Bonchev–Trinajstić information content (AvgIpc) is 2.85. The number of thiophene rings is 1. The highest BCUT2D eigenvalue weighted by molar-refractivity contribution is 7.91. The molecule has 124 valence electrons. The maximum atomic E-state index is 11.8. The van der Waals surface area contributed by atoms with Crippen LogP contribution in [0.1, 0.15) is 25.6 Å². The zero-order chi connectivity index (χ0) is 17.0. The Morgan fingerprint density at radius 3 is 2.45 bits per heavy atom. The number of aliphatic carboxylic acids is 1. The second kappa shape index (κ2) is 7.21. The van der Waals surface area contributed by atoms with Crippen molar-refractivity contribution >= 4 is 33.2 Å². The van der Waals surface area contributed by atoms with E-state index in [0.717, 1.165) is 16.2 Å². The normalized spacial score (nSPS) is 12.1. The minimum atomic E-state index is -3.80. The van der Waals surface area contributed by atoms with Gasteiger partial charge in [0.1, 0.15) is 10.8 Å². The van der Waals surface area contributed by atoms with Gasteiger partial charge in [-0.3, -0.25) is 9.59 Å². The zero-order valence-electron chi connectivity index (χ0n) is 12.7. The first-order valence-electron chi connectivity index (χ1n) is 6.61. The summed E-state index contributed by atoms with van der Waals surface area (Å²) in [5.74, 6) is -1.31. The van der Waals surface area contributed by atoms with E-state index in [1.54, 1.807) is 6.07 Å². The van der Waals surface area contributed by atoms with Gasteiger partial charge in [-0.25, -0.2) is 8.42 Å². The second-order valence-electron chi connectivity index (χ2n) is 5.69. The van der Waals surface area contributed by atoms with Gasteiger partial charge in [-0.15, -0.1) is 11.3 Å². The SMILES string of the molecule is CC(C)(C)C(=O)NCCc1ccc(S(=O)(=O)NCC(=O)O)s1. The zero-order valence-corrected chi connectivity index (χ0v) is 14.3. The van der Waals surface area contributed by atoms with Crippen LogP contribution in [0.15, 0.2) is 16.3 Å². The first kappa shape index (κ1) is 18.6. The number of carboxylic acid groups (broad SMARTS) is 1. The lowest BCUT2D eigenvalue weighted by Gasteiger charge is -2.17. The van der Waals surface area contributed by atoms with Crippen molar-refractivity contribution in [2.45, 2.75) is 31.4 Å². The van der Waals surface area contributed by atoms with E-state index >= 15 is 0 Å². The fourth-order valence-electron chi connectivity index (χ4n) is 1.43. The molecule has 0 fully saturated rings. The molecule has 0 unspecified atom stereocenters. The fourth-order valence-corrected chi connectivity index (χ4v) is 3.80. The second-order valence-corrected chi connectivity index (χ2v) is 8.86. The van der Waals surface area contributed by atoms with E-state index in [2.05, 4.69) is 5.32 Å². The molecule has 9 heteroatoms. The van der Waals surface area contributed by atoms with E-state index in [1.165, 1.54) is 6.07 Å². The summed E-state index contributed by atoms with van der Waals surface area (Å²) in [6.07, 6.45) is 0.515. The Morgan fingerprint density at radius 2 is 1.91 bits per heavy atom. The molecule has 3 N–H and O–H groups in total. The number of rotatable bonds is 7. The van der Waals surface area contributed by atoms with Crippen LogP contribution in [0.2, 0.25) is 0 Å². The standard InChI is InChI=1S/C13H20N2O5S2/c1-13(2,3)12(18)14-7-6-9-4-5-11(21-9)22(19,20)15-8-10(16)17/h4-5,15H,6-8H2,1-3H3,(H,14,18)(H,16,17). The molecule has 22 heavy (non-hydrogen) atoms. The van der Waals surface area contributed by atoms with E-state index < -0.39 is 28.0 Å². The number of hydrogen-bond donors (Lipinski definition) is 3. The topological polar surface area (TPSA) is 113 Å². The van der Waals surface area contributed by atoms with Crippen LogP contribution in [0.25, 0.3) is 0 Å². The van der Waals surface area contributed by atoms with Gasteiger partial charge in [-0.2, -0.15) is 4.72 Å². The van der Waals surface area contributed by atoms with Crippen molar-refractivity contribution in [3.05, 3.63) is 17.0 Å². The van der Waals surface area contributed by atoms with Gasteiger partial charge >= 0.3 is 5.97 Å². The number of carbonyl (C=O) groups is 2. The molecular weight excluding hydrogens is 328 g/mol. The van der Waals surface area contributed by atoms with Crippen LogP contribution in [-0.2, 0) is 26.0 Å². The summed E-state index contributed by atoms with van der Waals surface area (Å²) in [7, 11) is -3.80. The molecule has 0 aromatic carbocycles. The molecule has 0 aliphatic heterocycles. The molecule has 1 amide bonds. The van der Waals surface area contributed by atoms with Gasteiger partial charge in [0, 0.05) is 16.8 Å². The quantitative estimate of drug-likeness (QED) is 0.675. The van der Waals surface area contributed by atoms with Gasteiger partial charge < -0.3 is 10.4 Å². The Balaban J connectivity index is 2.58. The number of hydrogen-bond acceptors (Lipinski definition) is 5. The lowest BCUT2D eigenvalue weighted by atomic mass is 9.96. The average molecular weight is 348 g/mol. The Labute approximate surface area is 133 Å². The summed E-state index contributed by atoms with van der Waals surface area (Å²) in [5, 5.41) is 11.3. The monoisotopic (exact) mass is 348 g/mol. The molecule has 0 saturated carbocycles. The van der Waals surface area contributed by atoms with Crippen molar-refractivity contribution in [3.63, 3.8) is 0 Å².